The molecule has 0 N–H and O–H groups in total. The largest absolute Gasteiger partial charge is 0.328 e. The minimum absolute atomic E-state index is 0.361. The molecular formula is C10H19NO3. The van der Waals surface area contributed by atoms with E-state index in [0.717, 1.165) is 0 Å². The molecule has 0 aromatic carbocycles. The summed E-state index contributed by atoms with van der Waals surface area (Å²) in [7, 11) is 0. The Morgan fingerprint density at radius 2 is 1.43 bits per heavy atom. The van der Waals surface area contributed by atoms with Crippen molar-refractivity contribution in [3.8, 4) is 6.07 Å². The summed E-state index contributed by atoms with van der Waals surface area (Å²) in [6.07, 6.45) is 0.805. The summed E-state index contributed by atoms with van der Waals surface area (Å²) in [5.41, 5.74) is 0. The van der Waals surface area contributed by atoms with Crippen LogP contribution in [-0.2, 0) is 14.2 Å². The highest BCUT2D eigenvalue weighted by molar-refractivity contribution is 4.73. The summed E-state index contributed by atoms with van der Waals surface area (Å²) in [4.78, 5) is 0. The van der Waals surface area contributed by atoms with E-state index in [0.29, 0.717) is 32.7 Å². The van der Waals surface area contributed by atoms with Crippen molar-refractivity contribution in [1.82, 2.24) is 0 Å². The lowest BCUT2D eigenvalue weighted by atomic mass is 10.3. The van der Waals surface area contributed by atoms with Crippen molar-refractivity contribution in [2.24, 2.45) is 0 Å². The second-order valence-electron chi connectivity index (χ2n) is 2.64. The molecule has 0 fully saturated rings. The Morgan fingerprint density at radius 1 is 1.00 bits per heavy atom. The maximum absolute atomic E-state index is 8.52. The Kier molecular flexibility index (Phi) is 7.40. The van der Waals surface area contributed by atoms with Gasteiger partial charge in [0.15, 0.2) is 0 Å². The van der Waals surface area contributed by atoms with Gasteiger partial charge in [0.05, 0.1) is 6.07 Å². The molecule has 0 spiro atoms. The van der Waals surface area contributed by atoms with Crippen LogP contribution in [0.3, 0.4) is 0 Å². The standard InChI is InChI=1S/C10H19NO3/c1-4-12-10(13-5-2,14-6-3)8-7-9-11/h4-8H2,1-3H3. The number of ether oxygens (including phenoxy) is 3. The number of rotatable bonds is 8. The zero-order valence-electron chi connectivity index (χ0n) is 9.21. The molecule has 0 bridgehead atoms. The number of hydrogen-bond acceptors (Lipinski definition) is 4. The number of hydrogen-bond donors (Lipinski definition) is 0. The molecule has 0 aliphatic heterocycles. The van der Waals surface area contributed by atoms with E-state index in [1.54, 1.807) is 0 Å². The summed E-state index contributed by atoms with van der Waals surface area (Å²) in [5, 5.41) is 8.52. The average Bonchev–Trinajstić information content (AvgIpc) is 2.16. The normalized spacial score (nSPS) is 11.3. The van der Waals surface area contributed by atoms with Crippen LogP contribution >= 0.6 is 0 Å². The number of nitrogens with zero attached hydrogens (tertiary/aromatic N) is 1. The van der Waals surface area contributed by atoms with Crippen LogP contribution in [0.5, 0.6) is 0 Å². The SMILES string of the molecule is CCOC(CCC#N)(OCC)OCC. The fourth-order valence-electron chi connectivity index (χ4n) is 1.21. The molecule has 0 saturated carbocycles. The van der Waals surface area contributed by atoms with E-state index in [1.165, 1.54) is 0 Å². The zero-order chi connectivity index (χ0) is 10.9. The molecule has 82 valence electrons. The lowest BCUT2D eigenvalue weighted by Crippen LogP contribution is -2.39. The van der Waals surface area contributed by atoms with Gasteiger partial charge < -0.3 is 14.2 Å². The van der Waals surface area contributed by atoms with Crippen LogP contribution < -0.4 is 0 Å². The smallest absolute Gasteiger partial charge is 0.283 e. The Bertz CT molecular complexity index is 160. The van der Waals surface area contributed by atoms with Crippen molar-refractivity contribution in [1.29, 1.82) is 5.26 Å². The molecule has 0 unspecified atom stereocenters. The Balaban J connectivity index is 4.30. The minimum atomic E-state index is -1.02. The predicted molar refractivity (Wildman–Crippen MR) is 52.5 cm³/mol. The Labute approximate surface area is 85.8 Å². The molecule has 14 heavy (non-hydrogen) atoms. The highest BCUT2D eigenvalue weighted by atomic mass is 16.9. The summed E-state index contributed by atoms with van der Waals surface area (Å²) in [5.74, 6) is -1.02. The summed E-state index contributed by atoms with van der Waals surface area (Å²) in [6.45, 7) is 7.14. The molecule has 0 aliphatic carbocycles. The van der Waals surface area contributed by atoms with Gasteiger partial charge in [0.1, 0.15) is 0 Å². The van der Waals surface area contributed by atoms with E-state index in [-0.39, 0.29) is 0 Å². The van der Waals surface area contributed by atoms with Gasteiger partial charge in [0.2, 0.25) is 0 Å². The van der Waals surface area contributed by atoms with Crippen LogP contribution in [0.1, 0.15) is 33.6 Å². The van der Waals surface area contributed by atoms with E-state index in [4.69, 9.17) is 19.5 Å². The van der Waals surface area contributed by atoms with Crippen molar-refractivity contribution in [2.75, 3.05) is 19.8 Å². The first kappa shape index (κ1) is 13.4. The number of nitriles is 1. The third kappa shape index (κ3) is 4.56. The van der Waals surface area contributed by atoms with Crippen molar-refractivity contribution in [3.63, 3.8) is 0 Å². The summed E-state index contributed by atoms with van der Waals surface area (Å²) < 4.78 is 16.3. The lowest BCUT2D eigenvalue weighted by molar-refractivity contribution is -0.379. The van der Waals surface area contributed by atoms with Crippen molar-refractivity contribution >= 4 is 0 Å². The molecular weight excluding hydrogens is 182 g/mol. The monoisotopic (exact) mass is 201 g/mol. The quantitative estimate of drug-likeness (QED) is 0.564. The lowest BCUT2D eigenvalue weighted by Gasteiger charge is -2.31. The molecule has 0 aromatic rings. The molecule has 0 rings (SSSR count). The third-order valence-corrected chi connectivity index (χ3v) is 1.64. The van der Waals surface area contributed by atoms with E-state index >= 15 is 0 Å². The third-order valence-electron chi connectivity index (χ3n) is 1.64. The van der Waals surface area contributed by atoms with Crippen molar-refractivity contribution in [2.45, 2.75) is 39.6 Å². The van der Waals surface area contributed by atoms with Crippen LogP contribution in [0.4, 0.5) is 0 Å². The molecule has 0 heterocycles. The van der Waals surface area contributed by atoms with Crippen LogP contribution in [0.2, 0.25) is 0 Å². The molecule has 0 radical (unpaired) electrons. The molecule has 0 amide bonds. The highest BCUT2D eigenvalue weighted by Crippen LogP contribution is 2.21. The zero-order valence-corrected chi connectivity index (χ0v) is 9.21. The molecule has 0 atom stereocenters. The van der Waals surface area contributed by atoms with Crippen LogP contribution in [0.15, 0.2) is 0 Å². The summed E-state index contributed by atoms with van der Waals surface area (Å²) >= 11 is 0. The van der Waals surface area contributed by atoms with Gasteiger partial charge in [-0.3, -0.25) is 0 Å². The highest BCUT2D eigenvalue weighted by Gasteiger charge is 2.31. The van der Waals surface area contributed by atoms with Gasteiger partial charge in [0.25, 0.3) is 5.97 Å². The van der Waals surface area contributed by atoms with Gasteiger partial charge in [-0.1, -0.05) is 0 Å². The van der Waals surface area contributed by atoms with Gasteiger partial charge in [-0.2, -0.15) is 5.26 Å². The first-order valence-electron chi connectivity index (χ1n) is 5.03. The molecule has 0 aliphatic rings. The van der Waals surface area contributed by atoms with Crippen molar-refractivity contribution < 1.29 is 14.2 Å². The first-order chi connectivity index (χ1) is 6.74. The van der Waals surface area contributed by atoms with Gasteiger partial charge >= 0.3 is 0 Å². The van der Waals surface area contributed by atoms with Gasteiger partial charge in [-0.05, 0) is 20.8 Å². The van der Waals surface area contributed by atoms with Crippen molar-refractivity contribution in [3.05, 3.63) is 0 Å². The van der Waals surface area contributed by atoms with Crippen LogP contribution in [-0.4, -0.2) is 25.8 Å². The fourth-order valence-corrected chi connectivity index (χ4v) is 1.21. The van der Waals surface area contributed by atoms with Gasteiger partial charge in [0, 0.05) is 32.7 Å². The Morgan fingerprint density at radius 3 is 1.71 bits per heavy atom. The van der Waals surface area contributed by atoms with E-state index < -0.39 is 5.97 Å². The maximum Gasteiger partial charge on any atom is 0.283 e. The van der Waals surface area contributed by atoms with Gasteiger partial charge in [-0.25, -0.2) is 0 Å². The van der Waals surface area contributed by atoms with Crippen LogP contribution in [0, 0.1) is 11.3 Å². The topological polar surface area (TPSA) is 51.5 Å². The second-order valence-corrected chi connectivity index (χ2v) is 2.64. The fraction of sp³-hybridized carbons (Fsp3) is 0.900. The average molecular weight is 201 g/mol. The van der Waals surface area contributed by atoms with Gasteiger partial charge in [-0.15, -0.1) is 0 Å². The molecule has 0 saturated heterocycles. The first-order valence-corrected chi connectivity index (χ1v) is 5.03. The summed E-state index contributed by atoms with van der Waals surface area (Å²) in [6, 6.07) is 2.06. The molecule has 4 heteroatoms. The minimum Gasteiger partial charge on any atom is -0.328 e. The molecule has 0 aromatic heterocycles. The second kappa shape index (κ2) is 7.74. The molecule has 4 nitrogen and oxygen atoms in total. The van der Waals surface area contributed by atoms with E-state index in [1.807, 2.05) is 20.8 Å². The van der Waals surface area contributed by atoms with Crippen LogP contribution in [0.25, 0.3) is 0 Å². The van der Waals surface area contributed by atoms with E-state index in [9.17, 15) is 0 Å². The van der Waals surface area contributed by atoms with E-state index in [2.05, 4.69) is 6.07 Å². The maximum atomic E-state index is 8.52. The Hall–Kier alpha value is -0.630. The predicted octanol–water partition coefficient (Wildman–Crippen LogP) is 2.05.